The number of carboxylic acid groups (broad SMARTS) is 1. The molecule has 4 fully saturated rings. The van der Waals surface area contributed by atoms with Gasteiger partial charge in [-0.25, -0.2) is 19.0 Å². The summed E-state index contributed by atoms with van der Waals surface area (Å²) in [6.07, 6.45) is 11.9. The quantitative estimate of drug-likeness (QED) is 0.137. The second kappa shape index (κ2) is 20.6. The summed E-state index contributed by atoms with van der Waals surface area (Å²) in [5.41, 5.74) is 10.6. The largest absolute Gasteiger partial charge is 0.480 e. The smallest absolute Gasteiger partial charge is 0.325 e. The van der Waals surface area contributed by atoms with Crippen molar-refractivity contribution in [2.75, 3.05) is 41.3 Å². The topological polar surface area (TPSA) is 136 Å². The van der Waals surface area contributed by atoms with Crippen LogP contribution in [0.5, 0.6) is 0 Å². The first-order chi connectivity index (χ1) is 30.5. The van der Waals surface area contributed by atoms with Gasteiger partial charge < -0.3 is 15.3 Å². The third kappa shape index (κ3) is 10.7. The zero-order valence-electron chi connectivity index (χ0n) is 37.8. The number of likely N-dealkylation sites (tertiary alicyclic amines) is 1. The van der Waals surface area contributed by atoms with E-state index in [2.05, 4.69) is 48.3 Å². The molecule has 6 aromatic rings. The molecule has 1 amide bonds. The summed E-state index contributed by atoms with van der Waals surface area (Å²) in [5, 5.41) is 22.2. The van der Waals surface area contributed by atoms with Crippen LogP contribution in [0.1, 0.15) is 153 Å². The van der Waals surface area contributed by atoms with E-state index < -0.39 is 12.0 Å². The Morgan fingerprint density at radius 3 is 1.62 bits per heavy atom. The molecule has 0 spiro atoms. The highest BCUT2D eigenvalue weighted by Gasteiger charge is 2.36. The molecule has 2 aromatic carbocycles. The molecule has 13 nitrogen and oxygen atoms in total. The number of aliphatic carboxylic acids is 1. The number of aryl methyl sites for hydroxylation is 2. The van der Waals surface area contributed by atoms with Gasteiger partial charge in [-0.3, -0.25) is 19.4 Å². The first-order valence-electron chi connectivity index (χ1n) is 22.9. The molecule has 4 aromatic heterocycles. The predicted octanol–water partition coefficient (Wildman–Crippen LogP) is 9.01. The van der Waals surface area contributed by atoms with E-state index in [1.54, 1.807) is 19.0 Å². The van der Waals surface area contributed by atoms with Crippen LogP contribution in [0.15, 0.2) is 84.9 Å². The number of nitrogens with zero attached hydrogens (tertiary/aromatic N) is 9. The van der Waals surface area contributed by atoms with Crippen LogP contribution >= 0.6 is 0 Å². The molecule has 13 heteroatoms. The van der Waals surface area contributed by atoms with Gasteiger partial charge in [-0.2, -0.15) is 10.2 Å². The van der Waals surface area contributed by atoms with Crippen molar-refractivity contribution in [3.63, 3.8) is 0 Å². The first kappa shape index (κ1) is 46.5. The summed E-state index contributed by atoms with van der Waals surface area (Å²) in [6.45, 7) is 6.11. The summed E-state index contributed by atoms with van der Waals surface area (Å²) in [7, 11) is 7.47. The Morgan fingerprint density at radius 2 is 1.14 bits per heavy atom. The monoisotopic (exact) mass is 869 g/mol. The molecule has 10 rings (SSSR count). The van der Waals surface area contributed by atoms with E-state index >= 15 is 0 Å². The molecule has 2 saturated heterocycles. The van der Waals surface area contributed by atoms with Gasteiger partial charge in [0.05, 0.1) is 23.5 Å². The second-order valence-electron chi connectivity index (χ2n) is 18.3. The molecule has 0 radical (unpaired) electrons. The Balaban J connectivity index is 0.000000158. The zero-order valence-corrected chi connectivity index (χ0v) is 37.8. The molecule has 2 N–H and O–H groups in total. The molecule has 6 heterocycles. The number of nitrogens with one attached hydrogen (secondary N) is 1. The lowest BCUT2D eigenvalue weighted by Crippen LogP contribution is -2.44. The normalized spacial score (nSPS) is 19.6. The van der Waals surface area contributed by atoms with Crippen molar-refractivity contribution in [2.45, 2.75) is 121 Å². The lowest BCUT2D eigenvalue weighted by atomic mass is 9.96. The Morgan fingerprint density at radius 1 is 0.641 bits per heavy atom. The van der Waals surface area contributed by atoms with Crippen molar-refractivity contribution in [1.82, 2.24) is 49.2 Å². The van der Waals surface area contributed by atoms with E-state index in [9.17, 15) is 9.59 Å². The van der Waals surface area contributed by atoms with Crippen molar-refractivity contribution >= 4 is 23.2 Å². The SMILES string of the molecule is C.CN(C)[C@@H](C(=O)O)c1ccccc1.Cc1cc(C2CC2)nc2cc([C@@H]3CCCCN3)nn12.Cc1cc(C2CC2)nc2cc([C@@H]3CCCCN3C(=O)C(c3ccccc3)N(C)C)nn12. The van der Waals surface area contributed by atoms with Gasteiger partial charge in [0.1, 0.15) is 12.1 Å². The van der Waals surface area contributed by atoms with Crippen LogP contribution < -0.4 is 5.32 Å². The highest BCUT2D eigenvalue weighted by Crippen LogP contribution is 2.41. The maximum absolute atomic E-state index is 13.8. The van der Waals surface area contributed by atoms with E-state index in [4.69, 9.17) is 25.3 Å². The van der Waals surface area contributed by atoms with Crippen molar-refractivity contribution < 1.29 is 14.7 Å². The molecule has 340 valence electrons. The lowest BCUT2D eigenvalue weighted by Gasteiger charge is -2.38. The van der Waals surface area contributed by atoms with Gasteiger partial charge in [-0.05, 0) is 130 Å². The maximum atomic E-state index is 13.8. The molecule has 0 bridgehead atoms. The number of likely N-dealkylation sites (N-methyl/N-ethyl adjacent to an activating group) is 2. The molecular weight excluding hydrogens is 801 g/mol. The number of fused-ring (bicyclic) bond motifs is 2. The van der Waals surface area contributed by atoms with Gasteiger partial charge in [0.25, 0.3) is 0 Å². The predicted molar refractivity (Wildman–Crippen MR) is 252 cm³/mol. The number of carboxylic acids is 1. The highest BCUT2D eigenvalue weighted by atomic mass is 16.4. The average molecular weight is 869 g/mol. The van der Waals surface area contributed by atoms with E-state index in [-0.39, 0.29) is 25.4 Å². The fourth-order valence-corrected chi connectivity index (χ4v) is 9.20. The zero-order chi connectivity index (χ0) is 44.2. The minimum absolute atomic E-state index is 0. The molecule has 4 atom stereocenters. The first-order valence-corrected chi connectivity index (χ1v) is 22.9. The summed E-state index contributed by atoms with van der Waals surface area (Å²) in [5.74, 6) is 0.647. The standard InChI is InChI=1S/C25H31N5O.C15H20N4.C10H13NO2.CH4/c1-17-15-20(18-12-13-18)26-23-16-21(27-30(17)23)22-11-7-8-14-29(22)25(31)24(28(2)3)19-9-5-4-6-10-19;1-10-8-13(11-5-6-11)17-15-9-14(18-19(10)15)12-4-2-3-7-16-12;1-11(2)9(10(12)13)8-6-4-3-5-7-8;/h4-6,9-10,15-16,18,22,24H,7-8,11-14H2,1-3H3;8-9,11-12,16H,2-7H2,1H3;3-7,9H,1-2H3,(H,12,13);1H4/t22-,24?;12-;9-;/m001./s1. The van der Waals surface area contributed by atoms with Crippen LogP contribution in [0.3, 0.4) is 0 Å². The van der Waals surface area contributed by atoms with Crippen LogP contribution in [0.2, 0.25) is 0 Å². The number of rotatable bonds is 10. The number of hydrogen-bond donors (Lipinski definition) is 2. The van der Waals surface area contributed by atoms with Gasteiger partial charge in [0.2, 0.25) is 5.91 Å². The van der Waals surface area contributed by atoms with Crippen molar-refractivity contribution in [2.24, 2.45) is 0 Å². The van der Waals surface area contributed by atoms with Crippen LogP contribution in [0.4, 0.5) is 0 Å². The molecule has 2 aliphatic carbocycles. The Kier molecular flexibility index (Phi) is 14.9. The number of aromatic nitrogens is 6. The third-order valence-electron chi connectivity index (χ3n) is 12.8. The van der Waals surface area contributed by atoms with Crippen LogP contribution in [-0.4, -0.2) is 102 Å². The molecule has 1 unspecified atom stereocenters. The highest BCUT2D eigenvalue weighted by molar-refractivity contribution is 5.84. The Hall–Kier alpha value is -5.50. The van der Waals surface area contributed by atoms with Crippen molar-refractivity contribution in [3.05, 3.63) is 130 Å². The number of amides is 1. The van der Waals surface area contributed by atoms with E-state index in [0.29, 0.717) is 17.9 Å². The van der Waals surface area contributed by atoms with Crippen LogP contribution in [0, 0.1) is 13.8 Å². The van der Waals surface area contributed by atoms with Gasteiger partial charge >= 0.3 is 5.97 Å². The molecule has 64 heavy (non-hydrogen) atoms. The molecule has 2 aliphatic heterocycles. The minimum Gasteiger partial charge on any atom is -0.480 e. The third-order valence-corrected chi connectivity index (χ3v) is 12.8. The fraction of sp³-hybridized carbons (Fsp3) is 0.490. The van der Waals surface area contributed by atoms with E-state index in [1.807, 2.05) is 88.7 Å². The van der Waals surface area contributed by atoms with Crippen LogP contribution in [-0.2, 0) is 9.59 Å². The van der Waals surface area contributed by atoms with E-state index in [1.165, 1.54) is 62.0 Å². The van der Waals surface area contributed by atoms with Gasteiger partial charge in [-0.1, -0.05) is 74.5 Å². The van der Waals surface area contributed by atoms with Crippen molar-refractivity contribution in [3.8, 4) is 0 Å². The average Bonchev–Trinajstić information content (AvgIpc) is 4.22. The van der Waals surface area contributed by atoms with Crippen LogP contribution in [0.25, 0.3) is 11.3 Å². The number of hydrogen-bond acceptors (Lipinski definition) is 9. The molecule has 4 aliphatic rings. The van der Waals surface area contributed by atoms with E-state index in [0.717, 1.165) is 71.9 Å². The minimum atomic E-state index is -0.823. The summed E-state index contributed by atoms with van der Waals surface area (Å²) < 4.78 is 3.94. The molecular formula is C51H68N10O3. The summed E-state index contributed by atoms with van der Waals surface area (Å²) in [4.78, 5) is 40.1. The van der Waals surface area contributed by atoms with Gasteiger partial charge in [0, 0.05) is 53.3 Å². The fourth-order valence-electron chi connectivity index (χ4n) is 9.20. The van der Waals surface area contributed by atoms with Gasteiger partial charge in [0.15, 0.2) is 11.3 Å². The Labute approximate surface area is 378 Å². The molecule has 2 saturated carbocycles. The van der Waals surface area contributed by atoms with Gasteiger partial charge in [-0.15, -0.1) is 0 Å². The lowest BCUT2D eigenvalue weighted by molar-refractivity contribution is -0.142. The maximum Gasteiger partial charge on any atom is 0.325 e. The summed E-state index contributed by atoms with van der Waals surface area (Å²) >= 11 is 0. The summed E-state index contributed by atoms with van der Waals surface area (Å²) in [6, 6.07) is 27.5. The number of piperidine rings is 2. The van der Waals surface area contributed by atoms with Crippen molar-refractivity contribution in [1.29, 1.82) is 0 Å². The number of benzene rings is 2. The number of carbonyl (C=O) groups excluding carboxylic acids is 1. The number of carbonyl (C=O) groups is 2. The second-order valence-corrected chi connectivity index (χ2v) is 18.3. The Bertz CT molecular complexity index is 2490.